The minimum Gasteiger partial charge on any atom is -0.342 e. The van der Waals surface area contributed by atoms with Crippen molar-refractivity contribution in [3.05, 3.63) is 65.3 Å². The fraction of sp³-hybridized carbons (Fsp3) is 0.133. The summed E-state index contributed by atoms with van der Waals surface area (Å²) in [7, 11) is 0. The van der Waals surface area contributed by atoms with Gasteiger partial charge in [-0.05, 0) is 56.1 Å². The number of hydrogen-bond acceptors (Lipinski definition) is 8. The summed E-state index contributed by atoms with van der Waals surface area (Å²) < 4.78 is 25.9. The number of benzene rings is 2. The Morgan fingerprint density at radius 2 is 1.79 bits per heavy atom. The fourth-order valence-electron chi connectivity index (χ4n) is 2.16. The maximum Gasteiger partial charge on any atom is 0.392 e. The van der Waals surface area contributed by atoms with Crippen molar-refractivity contribution in [2.75, 3.05) is 5.32 Å². The number of nitro groups is 1. The summed E-state index contributed by atoms with van der Waals surface area (Å²) in [5.74, 6) is -5.80. The number of nitrogens with one attached hydrogen (secondary N) is 1. The third kappa shape index (κ3) is 4.71. The second-order valence-electron chi connectivity index (χ2n) is 5.54. The summed E-state index contributed by atoms with van der Waals surface area (Å²) in [6, 6.07) is -0.929. The quantitative estimate of drug-likeness (QED) is 0.156. The zero-order chi connectivity index (χ0) is 22.3. The van der Waals surface area contributed by atoms with Crippen LogP contribution in [0.1, 0.15) is 15.9 Å². The first-order valence-electron chi connectivity index (χ1n) is 7.20. The number of carbonyl (C=O) groups is 1. The molecule has 0 atom stereocenters. The molecule has 9 nitrogen and oxygen atoms in total. The van der Waals surface area contributed by atoms with Crippen molar-refractivity contribution in [2.45, 2.75) is 12.0 Å². The topological polar surface area (TPSA) is 153 Å². The Morgan fingerprint density at radius 1 is 1.21 bits per heavy atom. The first-order valence-corrected chi connectivity index (χ1v) is 9.16. The second kappa shape index (κ2) is 8.18. The number of ketones is 1. The number of aliphatic hydroxyl groups is 4. The van der Waals surface area contributed by atoms with Gasteiger partial charge < -0.3 is 25.7 Å². The predicted molar refractivity (Wildman–Crippen MR) is 102 cm³/mol. The van der Waals surface area contributed by atoms with Crippen molar-refractivity contribution in [3.8, 4) is 0 Å². The Balaban J connectivity index is 2.69. The molecule has 156 valence electrons. The van der Waals surface area contributed by atoms with Crippen LogP contribution >= 0.6 is 43.5 Å². The number of nitrogens with zero attached hydrogens (tertiary/aromatic N) is 1. The highest BCUT2D eigenvalue weighted by Crippen LogP contribution is 2.43. The Bertz CT molecular complexity index is 1020. The molecule has 2 rings (SSSR count). The number of hydrogen-bond donors (Lipinski definition) is 5. The molecule has 5 N–H and O–H groups in total. The zero-order valence-electron chi connectivity index (χ0n) is 13.7. The summed E-state index contributed by atoms with van der Waals surface area (Å²) in [6.07, 6.45) is 0. The molecule has 0 fully saturated rings. The van der Waals surface area contributed by atoms with Gasteiger partial charge in [0.2, 0.25) is 0 Å². The van der Waals surface area contributed by atoms with Gasteiger partial charge in [0.1, 0.15) is 16.0 Å². The molecule has 2 aromatic carbocycles. The average molecular weight is 563 g/mol. The van der Waals surface area contributed by atoms with Gasteiger partial charge >= 0.3 is 17.6 Å². The SMILES string of the molecule is O=C(c1cc(F)ccc1Cl)c1c(Br)cc(NC(O)(O)C(O)(O)F)c([N+](=O)[O-])c1Br. The summed E-state index contributed by atoms with van der Waals surface area (Å²) in [6.45, 7) is 0. The van der Waals surface area contributed by atoms with Crippen LogP contribution in [0.4, 0.5) is 20.2 Å². The number of halogens is 5. The van der Waals surface area contributed by atoms with Crippen molar-refractivity contribution in [1.29, 1.82) is 0 Å². The molecular formula is C15H9Br2ClF2N2O7. The minimum absolute atomic E-state index is 0.146. The number of nitro benzene ring substituents is 1. The van der Waals surface area contributed by atoms with Crippen LogP contribution in [0.15, 0.2) is 33.2 Å². The smallest absolute Gasteiger partial charge is 0.342 e. The third-order valence-electron chi connectivity index (χ3n) is 3.53. The van der Waals surface area contributed by atoms with Gasteiger partial charge in [0.05, 0.1) is 15.5 Å². The normalized spacial score (nSPS) is 12.0. The van der Waals surface area contributed by atoms with Gasteiger partial charge in [0, 0.05) is 10.0 Å². The van der Waals surface area contributed by atoms with Gasteiger partial charge in [0.25, 0.3) is 0 Å². The molecule has 0 aliphatic carbocycles. The van der Waals surface area contributed by atoms with Crippen molar-refractivity contribution < 1.29 is 38.9 Å². The summed E-state index contributed by atoms with van der Waals surface area (Å²) in [5, 5.41) is 49.1. The molecule has 29 heavy (non-hydrogen) atoms. The Labute approximate surface area is 181 Å². The van der Waals surface area contributed by atoms with Crippen LogP contribution in [-0.4, -0.2) is 43.1 Å². The van der Waals surface area contributed by atoms with Crippen LogP contribution in [0.3, 0.4) is 0 Å². The van der Waals surface area contributed by atoms with E-state index in [0.29, 0.717) is 0 Å². The molecule has 0 bridgehead atoms. The van der Waals surface area contributed by atoms with E-state index in [-0.39, 0.29) is 15.1 Å². The molecule has 0 radical (unpaired) electrons. The lowest BCUT2D eigenvalue weighted by Crippen LogP contribution is -2.56. The summed E-state index contributed by atoms with van der Waals surface area (Å²) in [5.41, 5.74) is -2.53. The molecule has 14 heteroatoms. The van der Waals surface area contributed by atoms with Gasteiger partial charge in [-0.2, -0.15) is 4.39 Å². The Hall–Kier alpha value is -1.74. The van der Waals surface area contributed by atoms with Gasteiger partial charge in [-0.15, -0.1) is 0 Å². The Kier molecular flexibility index (Phi) is 6.64. The number of alkyl halides is 1. The lowest BCUT2D eigenvalue weighted by molar-refractivity contribution is -0.403. The molecule has 0 amide bonds. The van der Waals surface area contributed by atoms with Crippen LogP contribution in [0.2, 0.25) is 5.02 Å². The zero-order valence-corrected chi connectivity index (χ0v) is 17.6. The molecule has 0 aliphatic rings. The van der Waals surface area contributed by atoms with Gasteiger partial charge in [-0.25, -0.2) is 4.39 Å². The molecule has 0 unspecified atom stereocenters. The van der Waals surface area contributed by atoms with Crippen LogP contribution in [0.25, 0.3) is 0 Å². The average Bonchev–Trinajstić information content (AvgIpc) is 2.54. The monoisotopic (exact) mass is 560 g/mol. The summed E-state index contributed by atoms with van der Waals surface area (Å²) in [4.78, 5) is 23.2. The van der Waals surface area contributed by atoms with E-state index in [1.54, 1.807) is 0 Å². The first kappa shape index (κ1) is 23.5. The van der Waals surface area contributed by atoms with Crippen LogP contribution < -0.4 is 5.32 Å². The highest BCUT2D eigenvalue weighted by Gasteiger charge is 2.50. The molecule has 0 heterocycles. The number of carbonyl (C=O) groups excluding carboxylic acids is 1. The van der Waals surface area contributed by atoms with Gasteiger partial charge in [0.15, 0.2) is 5.78 Å². The lowest BCUT2D eigenvalue weighted by Gasteiger charge is -2.29. The van der Waals surface area contributed by atoms with Crippen molar-refractivity contribution in [2.24, 2.45) is 0 Å². The minimum atomic E-state index is -4.61. The van der Waals surface area contributed by atoms with E-state index in [1.165, 1.54) is 5.32 Å². The van der Waals surface area contributed by atoms with Gasteiger partial charge in [-0.3, -0.25) is 14.9 Å². The Morgan fingerprint density at radius 3 is 2.31 bits per heavy atom. The highest BCUT2D eigenvalue weighted by molar-refractivity contribution is 9.11. The summed E-state index contributed by atoms with van der Waals surface area (Å²) >= 11 is 11.7. The van der Waals surface area contributed by atoms with Crippen LogP contribution in [0, 0.1) is 15.9 Å². The van der Waals surface area contributed by atoms with E-state index in [1.807, 2.05) is 0 Å². The fourth-order valence-corrected chi connectivity index (χ4v) is 3.99. The van der Waals surface area contributed by atoms with Gasteiger partial charge in [-0.1, -0.05) is 11.6 Å². The number of rotatable bonds is 6. The largest absolute Gasteiger partial charge is 0.392 e. The molecule has 0 aliphatic heterocycles. The second-order valence-corrected chi connectivity index (χ2v) is 7.59. The first-order chi connectivity index (χ1) is 13.2. The maximum atomic E-state index is 13.5. The lowest BCUT2D eigenvalue weighted by atomic mass is 10.0. The number of anilines is 1. The van der Waals surface area contributed by atoms with E-state index in [4.69, 9.17) is 21.8 Å². The third-order valence-corrected chi connectivity index (χ3v) is 5.25. The van der Waals surface area contributed by atoms with Crippen molar-refractivity contribution in [1.82, 2.24) is 0 Å². The molecule has 0 saturated carbocycles. The molecular weight excluding hydrogens is 553 g/mol. The van der Waals surface area contributed by atoms with E-state index >= 15 is 0 Å². The highest BCUT2D eigenvalue weighted by atomic mass is 79.9. The maximum absolute atomic E-state index is 13.5. The predicted octanol–water partition coefficient (Wildman–Crippen LogP) is 2.80. The van der Waals surface area contributed by atoms with E-state index < -0.39 is 49.9 Å². The standard InChI is InChI=1S/C15H9Br2ClF2N2O7/c16-7-4-9(21-15(26,27)14(20,24)25)12(22(28)29)11(17)10(7)13(23)6-3-5(19)1-2-8(6)18/h1-4,21,24-27H. The molecule has 0 aromatic heterocycles. The molecule has 0 saturated heterocycles. The van der Waals surface area contributed by atoms with Crippen molar-refractivity contribution >= 4 is 60.6 Å². The van der Waals surface area contributed by atoms with Crippen molar-refractivity contribution in [3.63, 3.8) is 0 Å². The van der Waals surface area contributed by atoms with E-state index in [0.717, 1.165) is 24.3 Å². The van der Waals surface area contributed by atoms with Crippen LogP contribution in [-0.2, 0) is 0 Å². The molecule has 2 aromatic rings. The van der Waals surface area contributed by atoms with E-state index in [9.17, 15) is 33.9 Å². The van der Waals surface area contributed by atoms with Crippen LogP contribution in [0.5, 0.6) is 0 Å². The van der Waals surface area contributed by atoms with E-state index in [2.05, 4.69) is 31.9 Å². The molecule has 0 spiro atoms.